The van der Waals surface area contributed by atoms with E-state index in [1.54, 1.807) is 0 Å². The second-order valence-corrected chi connectivity index (χ2v) is 3.66. The van der Waals surface area contributed by atoms with Crippen LogP contribution in [0.4, 0.5) is 0 Å². The molecule has 3 atom stereocenters. The lowest BCUT2D eigenvalue weighted by Gasteiger charge is -2.35. The SMILES string of the molecule is CCCC1NCC(C)NC1C. The molecule has 2 heteroatoms. The molecule has 1 aliphatic heterocycles. The van der Waals surface area contributed by atoms with E-state index in [-0.39, 0.29) is 0 Å². The highest BCUT2D eigenvalue weighted by Gasteiger charge is 2.22. The molecule has 2 N–H and O–H groups in total. The largest absolute Gasteiger partial charge is 0.311 e. The van der Waals surface area contributed by atoms with Gasteiger partial charge in [-0.2, -0.15) is 0 Å². The lowest BCUT2D eigenvalue weighted by atomic mass is 10.0. The molecule has 0 bridgehead atoms. The van der Waals surface area contributed by atoms with Crippen molar-refractivity contribution in [1.29, 1.82) is 0 Å². The number of hydrogen-bond donors (Lipinski definition) is 2. The molecule has 0 spiro atoms. The average molecular weight is 156 g/mol. The third-order valence-corrected chi connectivity index (χ3v) is 2.44. The van der Waals surface area contributed by atoms with Crippen molar-refractivity contribution in [2.75, 3.05) is 6.54 Å². The van der Waals surface area contributed by atoms with Crippen molar-refractivity contribution >= 4 is 0 Å². The molecular formula is C9H20N2. The highest BCUT2D eigenvalue weighted by molar-refractivity contribution is 4.86. The number of rotatable bonds is 2. The Kier molecular flexibility index (Phi) is 3.34. The Morgan fingerprint density at radius 2 is 2.09 bits per heavy atom. The van der Waals surface area contributed by atoms with Crippen LogP contribution in [0, 0.1) is 0 Å². The van der Waals surface area contributed by atoms with E-state index in [4.69, 9.17) is 0 Å². The summed E-state index contributed by atoms with van der Waals surface area (Å²) in [4.78, 5) is 0. The number of hydrogen-bond acceptors (Lipinski definition) is 2. The van der Waals surface area contributed by atoms with E-state index in [0.29, 0.717) is 18.1 Å². The molecular weight excluding hydrogens is 136 g/mol. The van der Waals surface area contributed by atoms with Gasteiger partial charge in [-0.05, 0) is 20.3 Å². The number of piperazine rings is 1. The summed E-state index contributed by atoms with van der Waals surface area (Å²) in [6.07, 6.45) is 2.57. The topological polar surface area (TPSA) is 24.1 Å². The molecule has 1 fully saturated rings. The van der Waals surface area contributed by atoms with Gasteiger partial charge in [-0.25, -0.2) is 0 Å². The van der Waals surface area contributed by atoms with Crippen molar-refractivity contribution in [3.05, 3.63) is 0 Å². The van der Waals surface area contributed by atoms with E-state index in [1.165, 1.54) is 12.8 Å². The molecule has 11 heavy (non-hydrogen) atoms. The smallest absolute Gasteiger partial charge is 0.0219 e. The third kappa shape index (κ3) is 2.46. The second-order valence-electron chi connectivity index (χ2n) is 3.66. The Labute approximate surface area is 69.8 Å². The van der Waals surface area contributed by atoms with Crippen molar-refractivity contribution < 1.29 is 0 Å². The maximum absolute atomic E-state index is 3.56. The van der Waals surface area contributed by atoms with Gasteiger partial charge in [0.05, 0.1) is 0 Å². The predicted molar refractivity (Wildman–Crippen MR) is 48.8 cm³/mol. The summed E-state index contributed by atoms with van der Waals surface area (Å²) in [5.41, 5.74) is 0. The van der Waals surface area contributed by atoms with Crippen molar-refractivity contribution in [2.24, 2.45) is 0 Å². The van der Waals surface area contributed by atoms with E-state index in [0.717, 1.165) is 6.54 Å². The zero-order valence-corrected chi connectivity index (χ0v) is 7.85. The standard InChI is InChI=1S/C9H20N2/c1-4-5-9-8(3)11-7(2)6-10-9/h7-11H,4-6H2,1-3H3. The van der Waals surface area contributed by atoms with Crippen molar-refractivity contribution in [2.45, 2.75) is 51.7 Å². The van der Waals surface area contributed by atoms with Gasteiger partial charge in [-0.1, -0.05) is 13.3 Å². The Hall–Kier alpha value is -0.0800. The van der Waals surface area contributed by atoms with Crippen LogP contribution < -0.4 is 10.6 Å². The highest BCUT2D eigenvalue weighted by Crippen LogP contribution is 2.06. The molecule has 0 aromatic rings. The minimum Gasteiger partial charge on any atom is -0.311 e. The van der Waals surface area contributed by atoms with Gasteiger partial charge in [-0.15, -0.1) is 0 Å². The first-order chi connectivity index (χ1) is 5.24. The summed E-state index contributed by atoms with van der Waals surface area (Å²) >= 11 is 0. The van der Waals surface area contributed by atoms with Crippen LogP contribution in [0.5, 0.6) is 0 Å². The monoisotopic (exact) mass is 156 g/mol. The summed E-state index contributed by atoms with van der Waals surface area (Å²) in [5, 5.41) is 7.11. The van der Waals surface area contributed by atoms with Crippen LogP contribution in [-0.4, -0.2) is 24.7 Å². The molecule has 0 aliphatic carbocycles. The van der Waals surface area contributed by atoms with E-state index in [1.807, 2.05) is 0 Å². The van der Waals surface area contributed by atoms with E-state index < -0.39 is 0 Å². The molecule has 0 aromatic heterocycles. The summed E-state index contributed by atoms with van der Waals surface area (Å²) in [6.45, 7) is 7.86. The van der Waals surface area contributed by atoms with Crippen molar-refractivity contribution in [3.63, 3.8) is 0 Å². The van der Waals surface area contributed by atoms with Crippen LogP contribution in [0.25, 0.3) is 0 Å². The van der Waals surface area contributed by atoms with Gasteiger partial charge in [0.15, 0.2) is 0 Å². The molecule has 2 nitrogen and oxygen atoms in total. The van der Waals surface area contributed by atoms with Crippen molar-refractivity contribution in [1.82, 2.24) is 10.6 Å². The maximum Gasteiger partial charge on any atom is 0.0219 e. The Morgan fingerprint density at radius 3 is 2.64 bits per heavy atom. The molecule has 0 aromatic carbocycles. The normalized spacial score (nSPS) is 39.0. The van der Waals surface area contributed by atoms with E-state index in [2.05, 4.69) is 31.4 Å². The van der Waals surface area contributed by atoms with Crippen LogP contribution in [0.15, 0.2) is 0 Å². The molecule has 1 aliphatic rings. The Morgan fingerprint density at radius 1 is 1.36 bits per heavy atom. The third-order valence-electron chi connectivity index (χ3n) is 2.44. The van der Waals surface area contributed by atoms with Crippen LogP contribution >= 0.6 is 0 Å². The Balaban J connectivity index is 2.31. The van der Waals surface area contributed by atoms with Gasteiger partial charge in [0, 0.05) is 24.7 Å². The van der Waals surface area contributed by atoms with Gasteiger partial charge < -0.3 is 10.6 Å². The summed E-state index contributed by atoms with van der Waals surface area (Å²) in [6, 6.07) is 1.97. The first-order valence-electron chi connectivity index (χ1n) is 4.73. The fourth-order valence-corrected chi connectivity index (χ4v) is 1.79. The molecule has 1 rings (SSSR count). The quantitative estimate of drug-likeness (QED) is 0.626. The first-order valence-corrected chi connectivity index (χ1v) is 4.73. The summed E-state index contributed by atoms with van der Waals surface area (Å²) in [5.74, 6) is 0. The van der Waals surface area contributed by atoms with Gasteiger partial charge in [0.25, 0.3) is 0 Å². The first kappa shape index (κ1) is 9.01. The summed E-state index contributed by atoms with van der Waals surface area (Å²) < 4.78 is 0. The minimum atomic E-state index is 0.637. The maximum atomic E-state index is 3.56. The van der Waals surface area contributed by atoms with Crippen LogP contribution in [-0.2, 0) is 0 Å². The minimum absolute atomic E-state index is 0.637. The van der Waals surface area contributed by atoms with Crippen LogP contribution in [0.3, 0.4) is 0 Å². The summed E-state index contributed by atoms with van der Waals surface area (Å²) in [7, 11) is 0. The molecule has 3 unspecified atom stereocenters. The molecule has 66 valence electrons. The fraction of sp³-hybridized carbons (Fsp3) is 1.00. The highest BCUT2D eigenvalue weighted by atomic mass is 15.1. The van der Waals surface area contributed by atoms with E-state index in [9.17, 15) is 0 Å². The zero-order valence-electron chi connectivity index (χ0n) is 7.85. The predicted octanol–water partition coefficient (Wildman–Crippen LogP) is 1.12. The fourth-order valence-electron chi connectivity index (χ4n) is 1.79. The van der Waals surface area contributed by atoms with Gasteiger partial charge >= 0.3 is 0 Å². The zero-order chi connectivity index (χ0) is 8.27. The second kappa shape index (κ2) is 4.07. The van der Waals surface area contributed by atoms with E-state index >= 15 is 0 Å². The number of nitrogens with one attached hydrogen (secondary N) is 2. The van der Waals surface area contributed by atoms with Gasteiger partial charge in [0.2, 0.25) is 0 Å². The van der Waals surface area contributed by atoms with Crippen LogP contribution in [0.2, 0.25) is 0 Å². The molecule has 0 saturated carbocycles. The lowest BCUT2D eigenvalue weighted by Crippen LogP contribution is -2.58. The molecule has 0 amide bonds. The average Bonchev–Trinajstić information content (AvgIpc) is 1.95. The Bertz CT molecular complexity index is 114. The van der Waals surface area contributed by atoms with Crippen LogP contribution in [0.1, 0.15) is 33.6 Å². The van der Waals surface area contributed by atoms with Crippen molar-refractivity contribution in [3.8, 4) is 0 Å². The lowest BCUT2D eigenvalue weighted by molar-refractivity contribution is 0.278. The molecule has 0 radical (unpaired) electrons. The van der Waals surface area contributed by atoms with Gasteiger partial charge in [0.1, 0.15) is 0 Å². The molecule has 1 heterocycles. The molecule has 1 saturated heterocycles. The van der Waals surface area contributed by atoms with Gasteiger partial charge in [-0.3, -0.25) is 0 Å².